The minimum Gasteiger partial charge on any atom is -0.274 e. The van der Waals surface area contributed by atoms with Crippen molar-refractivity contribution in [3.05, 3.63) is 34.9 Å². The molecular weight excluding hydrogens is 226 g/mol. The van der Waals surface area contributed by atoms with Crippen LogP contribution in [0, 0.1) is 0 Å². The monoisotopic (exact) mass is 251 g/mol. The molecule has 0 aromatic rings. The molecule has 0 radical (unpaired) electrons. The van der Waals surface area contributed by atoms with Gasteiger partial charge >= 0.3 is 0 Å². The molecule has 102 valence electrons. The van der Waals surface area contributed by atoms with Gasteiger partial charge in [-0.15, -0.1) is 0 Å². The van der Waals surface area contributed by atoms with Crippen LogP contribution in [0.15, 0.2) is 34.9 Å². The van der Waals surface area contributed by atoms with E-state index in [1.165, 1.54) is 23.3 Å². The summed E-state index contributed by atoms with van der Waals surface area (Å²) in [7, 11) is 3.08. The first-order valence-corrected chi connectivity index (χ1v) is 6.18. The molecule has 0 spiro atoms. The summed E-state index contributed by atoms with van der Waals surface area (Å²) in [6, 6.07) is 0. The number of carbonyl (C=O) groups is 1. The quantitative estimate of drug-likeness (QED) is 0.312. The van der Waals surface area contributed by atoms with Crippen LogP contribution < -0.4 is 0 Å². The van der Waals surface area contributed by atoms with Crippen LogP contribution in [-0.4, -0.2) is 25.1 Å². The highest BCUT2D eigenvalue weighted by atomic mass is 16.7. The predicted octanol–water partition coefficient (Wildman–Crippen LogP) is 3.65. The van der Waals surface area contributed by atoms with E-state index in [1.807, 2.05) is 12.2 Å². The lowest BCUT2D eigenvalue weighted by Gasteiger charge is -2.13. The Balaban J connectivity index is 4.41. The van der Waals surface area contributed by atoms with Crippen molar-refractivity contribution in [3.8, 4) is 0 Å². The molecule has 18 heavy (non-hydrogen) atoms. The zero-order chi connectivity index (χ0) is 14.1. The Labute approximate surface area is 111 Å². The predicted molar refractivity (Wildman–Crippen MR) is 76.0 cm³/mol. The molecule has 0 fully saturated rings. The third-order valence-corrected chi connectivity index (χ3v) is 2.61. The van der Waals surface area contributed by atoms with Crippen LogP contribution in [0.1, 0.15) is 40.5 Å². The van der Waals surface area contributed by atoms with Crippen molar-refractivity contribution in [2.24, 2.45) is 0 Å². The Bertz CT molecular complexity index is 361. The number of hydrogen-bond acceptors (Lipinski definition) is 2. The van der Waals surface area contributed by atoms with Gasteiger partial charge in [-0.25, -0.2) is 5.06 Å². The van der Waals surface area contributed by atoms with E-state index in [-0.39, 0.29) is 5.91 Å². The molecule has 0 heterocycles. The van der Waals surface area contributed by atoms with Gasteiger partial charge in [0.25, 0.3) is 5.91 Å². The minimum atomic E-state index is -0.120. The summed E-state index contributed by atoms with van der Waals surface area (Å²) in [5.74, 6) is -0.120. The highest BCUT2D eigenvalue weighted by Crippen LogP contribution is 2.08. The van der Waals surface area contributed by atoms with Crippen molar-refractivity contribution < 1.29 is 9.63 Å². The molecule has 0 saturated heterocycles. The zero-order valence-electron chi connectivity index (χ0n) is 12.4. The van der Waals surface area contributed by atoms with Gasteiger partial charge in [0, 0.05) is 12.6 Å². The lowest BCUT2D eigenvalue weighted by molar-refractivity contribution is -0.163. The second-order valence-electron chi connectivity index (χ2n) is 4.67. The summed E-state index contributed by atoms with van der Waals surface area (Å²) in [5.41, 5.74) is 3.27. The third-order valence-electron chi connectivity index (χ3n) is 2.61. The Hall–Kier alpha value is -1.35. The Morgan fingerprint density at radius 2 is 1.78 bits per heavy atom. The second kappa shape index (κ2) is 8.70. The van der Waals surface area contributed by atoms with Gasteiger partial charge in [0.2, 0.25) is 0 Å². The first-order valence-electron chi connectivity index (χ1n) is 6.18. The van der Waals surface area contributed by atoms with E-state index < -0.39 is 0 Å². The number of amides is 1. The van der Waals surface area contributed by atoms with Gasteiger partial charge in [-0.1, -0.05) is 29.4 Å². The molecular formula is C15H25NO2. The fourth-order valence-corrected chi connectivity index (χ4v) is 1.34. The normalized spacial score (nSPS) is 12.3. The first kappa shape index (κ1) is 16.6. The molecule has 0 bridgehead atoms. The van der Waals surface area contributed by atoms with Crippen LogP contribution in [0.4, 0.5) is 0 Å². The van der Waals surface area contributed by atoms with E-state index in [9.17, 15) is 4.79 Å². The number of carbonyl (C=O) groups excluding carboxylic acids is 1. The van der Waals surface area contributed by atoms with Crippen LogP contribution in [0.2, 0.25) is 0 Å². The van der Waals surface area contributed by atoms with Crippen molar-refractivity contribution in [1.29, 1.82) is 0 Å². The summed E-state index contributed by atoms with van der Waals surface area (Å²) >= 11 is 0. The largest absolute Gasteiger partial charge is 0.274 e. The molecule has 0 saturated carbocycles. The number of likely N-dealkylation sites (N-methyl/N-ethyl adjacent to an activating group) is 1. The minimum absolute atomic E-state index is 0.120. The molecule has 0 aliphatic rings. The molecule has 0 aliphatic heterocycles. The topological polar surface area (TPSA) is 29.5 Å². The maximum Gasteiger partial charge on any atom is 0.272 e. The van der Waals surface area contributed by atoms with E-state index in [4.69, 9.17) is 4.84 Å². The van der Waals surface area contributed by atoms with Gasteiger partial charge in [-0.2, -0.15) is 0 Å². The molecule has 0 rings (SSSR count). The molecule has 0 aromatic heterocycles. The number of nitrogens with zero attached hydrogens (tertiary/aromatic N) is 1. The lowest BCUT2D eigenvalue weighted by Crippen LogP contribution is -2.25. The van der Waals surface area contributed by atoms with E-state index in [2.05, 4.69) is 26.8 Å². The summed E-state index contributed by atoms with van der Waals surface area (Å²) in [5, 5.41) is 1.22. The van der Waals surface area contributed by atoms with Gasteiger partial charge < -0.3 is 0 Å². The zero-order valence-corrected chi connectivity index (χ0v) is 12.4. The number of hydroxylamine groups is 2. The van der Waals surface area contributed by atoms with Crippen molar-refractivity contribution in [1.82, 2.24) is 5.06 Å². The van der Waals surface area contributed by atoms with Crippen molar-refractivity contribution >= 4 is 5.91 Å². The van der Waals surface area contributed by atoms with Gasteiger partial charge in [-0.05, 0) is 40.5 Å². The molecule has 0 atom stereocenters. The van der Waals surface area contributed by atoms with Crippen molar-refractivity contribution in [3.63, 3.8) is 0 Å². The summed E-state index contributed by atoms with van der Waals surface area (Å²) in [6.07, 6.45) is 8.12. The smallest absolute Gasteiger partial charge is 0.272 e. The molecule has 0 unspecified atom stereocenters. The Morgan fingerprint density at radius 1 is 1.17 bits per heavy atom. The SMILES string of the molecule is CON(C)C(=O)C(C)=CC=C(C)CCC=C(C)C. The van der Waals surface area contributed by atoms with Gasteiger partial charge in [0.1, 0.15) is 0 Å². The molecule has 0 aliphatic carbocycles. The van der Waals surface area contributed by atoms with E-state index in [0.717, 1.165) is 12.8 Å². The lowest BCUT2D eigenvalue weighted by atomic mass is 10.1. The highest BCUT2D eigenvalue weighted by molar-refractivity contribution is 5.92. The summed E-state index contributed by atoms with van der Waals surface area (Å²) in [6.45, 7) is 8.07. The molecule has 3 heteroatoms. The standard InChI is InChI=1S/C15H25NO2/c1-12(2)8-7-9-13(3)10-11-14(4)15(17)16(5)18-6/h8,10-11H,7,9H2,1-6H3. The first-order chi connectivity index (χ1) is 8.38. The van der Waals surface area contributed by atoms with Crippen LogP contribution >= 0.6 is 0 Å². The van der Waals surface area contributed by atoms with Gasteiger partial charge in [-0.3, -0.25) is 9.63 Å². The molecule has 0 aromatic carbocycles. The van der Waals surface area contributed by atoms with Gasteiger partial charge in [0.05, 0.1) is 7.11 Å². The molecule has 3 nitrogen and oxygen atoms in total. The highest BCUT2D eigenvalue weighted by Gasteiger charge is 2.08. The molecule has 0 N–H and O–H groups in total. The van der Waals surface area contributed by atoms with E-state index >= 15 is 0 Å². The van der Waals surface area contributed by atoms with Gasteiger partial charge in [0.15, 0.2) is 0 Å². The Kier molecular flexibility index (Phi) is 8.05. The third kappa shape index (κ3) is 7.07. The van der Waals surface area contributed by atoms with E-state index in [0.29, 0.717) is 5.57 Å². The average Bonchev–Trinajstić information content (AvgIpc) is 2.33. The average molecular weight is 251 g/mol. The summed E-state index contributed by atoms with van der Waals surface area (Å²) in [4.78, 5) is 16.5. The van der Waals surface area contributed by atoms with Crippen LogP contribution in [-0.2, 0) is 9.63 Å². The fourth-order valence-electron chi connectivity index (χ4n) is 1.34. The van der Waals surface area contributed by atoms with Crippen molar-refractivity contribution in [2.45, 2.75) is 40.5 Å². The summed E-state index contributed by atoms with van der Waals surface area (Å²) < 4.78 is 0. The number of rotatable bonds is 6. The van der Waals surface area contributed by atoms with Crippen LogP contribution in [0.3, 0.4) is 0 Å². The molecule has 1 amide bonds. The number of hydrogen-bond donors (Lipinski definition) is 0. The van der Waals surface area contributed by atoms with E-state index in [1.54, 1.807) is 14.0 Å². The van der Waals surface area contributed by atoms with Crippen LogP contribution in [0.25, 0.3) is 0 Å². The van der Waals surface area contributed by atoms with Crippen LogP contribution in [0.5, 0.6) is 0 Å². The second-order valence-corrected chi connectivity index (χ2v) is 4.67. The van der Waals surface area contributed by atoms with Crippen molar-refractivity contribution in [2.75, 3.05) is 14.2 Å². The number of allylic oxidation sites excluding steroid dienone is 5. The fraction of sp³-hybridized carbons (Fsp3) is 0.533. The maximum atomic E-state index is 11.7. The maximum absolute atomic E-state index is 11.7. The Morgan fingerprint density at radius 3 is 2.28 bits per heavy atom.